The average molecular weight is 246 g/mol. The summed E-state index contributed by atoms with van der Waals surface area (Å²) < 4.78 is 5.37. The molecule has 0 saturated carbocycles. The molecule has 0 fully saturated rings. The quantitative estimate of drug-likeness (QED) is 0.872. The van der Waals surface area contributed by atoms with E-state index in [-0.39, 0.29) is 6.61 Å². The molecule has 1 aromatic heterocycles. The SMILES string of the molecule is COc1ccc(C(C)C)cc1-c1cnc(CO)[nH]1. The van der Waals surface area contributed by atoms with Gasteiger partial charge in [-0.15, -0.1) is 0 Å². The second kappa shape index (κ2) is 5.23. The molecule has 0 spiro atoms. The molecule has 1 aromatic carbocycles. The van der Waals surface area contributed by atoms with Crippen molar-refractivity contribution in [3.8, 4) is 17.0 Å². The number of ether oxygens (including phenoxy) is 1. The summed E-state index contributed by atoms with van der Waals surface area (Å²) in [6, 6.07) is 6.12. The van der Waals surface area contributed by atoms with E-state index in [0.717, 1.165) is 17.0 Å². The van der Waals surface area contributed by atoms with Crippen molar-refractivity contribution < 1.29 is 9.84 Å². The Kier molecular flexibility index (Phi) is 3.67. The third-order valence-corrected chi connectivity index (χ3v) is 2.96. The number of rotatable bonds is 4. The van der Waals surface area contributed by atoms with E-state index in [0.29, 0.717) is 11.7 Å². The second-order valence-electron chi connectivity index (χ2n) is 4.52. The van der Waals surface area contributed by atoms with Crippen LogP contribution in [0.25, 0.3) is 11.3 Å². The highest BCUT2D eigenvalue weighted by molar-refractivity contribution is 5.68. The number of aromatic nitrogens is 2. The maximum atomic E-state index is 9.04. The topological polar surface area (TPSA) is 58.1 Å². The smallest absolute Gasteiger partial charge is 0.132 e. The number of aromatic amines is 1. The molecule has 0 aliphatic heterocycles. The number of hydrogen-bond acceptors (Lipinski definition) is 3. The third-order valence-electron chi connectivity index (χ3n) is 2.96. The number of H-pyrrole nitrogens is 1. The molecule has 2 N–H and O–H groups in total. The molecular formula is C14H18N2O2. The lowest BCUT2D eigenvalue weighted by atomic mass is 9.99. The van der Waals surface area contributed by atoms with Crippen molar-refractivity contribution >= 4 is 0 Å². The van der Waals surface area contributed by atoms with Crippen LogP contribution in [0.2, 0.25) is 0 Å². The van der Waals surface area contributed by atoms with Gasteiger partial charge in [0.15, 0.2) is 0 Å². The molecule has 0 aliphatic carbocycles. The van der Waals surface area contributed by atoms with E-state index in [9.17, 15) is 0 Å². The van der Waals surface area contributed by atoms with Gasteiger partial charge in [-0.2, -0.15) is 0 Å². The summed E-state index contributed by atoms with van der Waals surface area (Å²) in [6.45, 7) is 4.21. The minimum atomic E-state index is -0.0911. The van der Waals surface area contributed by atoms with E-state index in [1.165, 1.54) is 5.56 Å². The van der Waals surface area contributed by atoms with Crippen molar-refractivity contribution in [1.82, 2.24) is 9.97 Å². The minimum Gasteiger partial charge on any atom is -0.496 e. The van der Waals surface area contributed by atoms with Crippen LogP contribution in [-0.2, 0) is 6.61 Å². The Morgan fingerprint density at radius 1 is 1.39 bits per heavy atom. The Labute approximate surface area is 107 Å². The van der Waals surface area contributed by atoms with Crippen molar-refractivity contribution in [3.05, 3.63) is 35.8 Å². The van der Waals surface area contributed by atoms with Crippen molar-refractivity contribution in [2.75, 3.05) is 7.11 Å². The monoisotopic (exact) mass is 246 g/mol. The zero-order chi connectivity index (χ0) is 13.1. The summed E-state index contributed by atoms with van der Waals surface area (Å²) in [7, 11) is 1.65. The minimum absolute atomic E-state index is 0.0911. The summed E-state index contributed by atoms with van der Waals surface area (Å²) in [6.07, 6.45) is 1.72. The third kappa shape index (κ3) is 2.38. The second-order valence-corrected chi connectivity index (χ2v) is 4.52. The van der Waals surface area contributed by atoms with Crippen LogP contribution in [0.1, 0.15) is 31.2 Å². The number of imidazole rings is 1. The van der Waals surface area contributed by atoms with Gasteiger partial charge in [-0.1, -0.05) is 19.9 Å². The van der Waals surface area contributed by atoms with Gasteiger partial charge in [0.05, 0.1) is 19.0 Å². The lowest BCUT2D eigenvalue weighted by Crippen LogP contribution is -1.93. The van der Waals surface area contributed by atoms with Gasteiger partial charge in [0.2, 0.25) is 0 Å². The molecule has 2 rings (SSSR count). The molecule has 0 unspecified atom stereocenters. The molecule has 0 bridgehead atoms. The van der Waals surface area contributed by atoms with Gasteiger partial charge in [-0.25, -0.2) is 4.98 Å². The first-order valence-electron chi connectivity index (χ1n) is 5.98. The lowest BCUT2D eigenvalue weighted by molar-refractivity contribution is 0.272. The Balaban J connectivity index is 2.49. The molecule has 0 amide bonds. The fraction of sp³-hybridized carbons (Fsp3) is 0.357. The van der Waals surface area contributed by atoms with E-state index < -0.39 is 0 Å². The molecule has 4 heteroatoms. The van der Waals surface area contributed by atoms with Gasteiger partial charge in [0, 0.05) is 5.56 Å². The zero-order valence-electron chi connectivity index (χ0n) is 10.9. The zero-order valence-corrected chi connectivity index (χ0v) is 10.9. The van der Waals surface area contributed by atoms with Crippen molar-refractivity contribution in [2.45, 2.75) is 26.4 Å². The van der Waals surface area contributed by atoms with Crippen molar-refractivity contribution in [1.29, 1.82) is 0 Å². The van der Waals surface area contributed by atoms with E-state index in [2.05, 4.69) is 35.9 Å². The first-order chi connectivity index (χ1) is 8.65. The van der Waals surface area contributed by atoms with Crippen LogP contribution in [0.4, 0.5) is 0 Å². The highest BCUT2D eigenvalue weighted by Crippen LogP contribution is 2.31. The maximum Gasteiger partial charge on any atom is 0.132 e. The van der Waals surface area contributed by atoms with Crippen LogP contribution < -0.4 is 4.74 Å². The largest absolute Gasteiger partial charge is 0.496 e. The lowest BCUT2D eigenvalue weighted by Gasteiger charge is -2.11. The standard InChI is InChI=1S/C14H18N2O2/c1-9(2)10-4-5-13(18-3)11(6-10)12-7-15-14(8-17)16-12/h4-7,9,17H,8H2,1-3H3,(H,15,16). The summed E-state index contributed by atoms with van der Waals surface area (Å²) >= 11 is 0. The Bertz CT molecular complexity index is 532. The molecule has 2 aromatic rings. The van der Waals surface area contributed by atoms with E-state index in [1.807, 2.05) is 6.07 Å². The Morgan fingerprint density at radius 2 is 2.17 bits per heavy atom. The molecule has 96 valence electrons. The first kappa shape index (κ1) is 12.6. The highest BCUT2D eigenvalue weighted by Gasteiger charge is 2.11. The molecule has 0 aliphatic rings. The summed E-state index contributed by atoms with van der Waals surface area (Å²) in [5.41, 5.74) is 3.07. The van der Waals surface area contributed by atoms with Gasteiger partial charge in [-0.3, -0.25) is 0 Å². The fourth-order valence-electron chi connectivity index (χ4n) is 1.87. The van der Waals surface area contributed by atoms with Crippen molar-refractivity contribution in [2.24, 2.45) is 0 Å². The number of nitrogens with one attached hydrogen (secondary N) is 1. The normalized spacial score (nSPS) is 10.9. The molecular weight excluding hydrogens is 228 g/mol. The van der Waals surface area contributed by atoms with Crippen LogP contribution in [-0.4, -0.2) is 22.2 Å². The number of methoxy groups -OCH3 is 1. The van der Waals surface area contributed by atoms with E-state index in [4.69, 9.17) is 9.84 Å². The van der Waals surface area contributed by atoms with Crippen LogP contribution >= 0.6 is 0 Å². The van der Waals surface area contributed by atoms with Gasteiger partial charge in [-0.05, 0) is 23.6 Å². The predicted octanol–water partition coefficient (Wildman–Crippen LogP) is 2.70. The fourth-order valence-corrected chi connectivity index (χ4v) is 1.87. The molecule has 0 saturated heterocycles. The van der Waals surface area contributed by atoms with Crippen LogP contribution in [0.3, 0.4) is 0 Å². The van der Waals surface area contributed by atoms with Crippen LogP contribution in [0.15, 0.2) is 24.4 Å². The highest BCUT2D eigenvalue weighted by atomic mass is 16.5. The summed E-state index contributed by atoms with van der Waals surface area (Å²) in [5, 5.41) is 9.04. The maximum absolute atomic E-state index is 9.04. The van der Waals surface area contributed by atoms with Gasteiger partial charge in [0.1, 0.15) is 18.2 Å². The van der Waals surface area contributed by atoms with Gasteiger partial charge < -0.3 is 14.8 Å². The number of aliphatic hydroxyl groups excluding tert-OH is 1. The van der Waals surface area contributed by atoms with Crippen LogP contribution in [0, 0.1) is 0 Å². The molecule has 4 nitrogen and oxygen atoms in total. The average Bonchev–Trinajstić information content (AvgIpc) is 2.86. The number of aliphatic hydroxyl groups is 1. The van der Waals surface area contributed by atoms with E-state index >= 15 is 0 Å². The number of nitrogens with zero attached hydrogens (tertiary/aromatic N) is 1. The van der Waals surface area contributed by atoms with Gasteiger partial charge in [0.25, 0.3) is 0 Å². The number of hydrogen-bond donors (Lipinski definition) is 2. The molecule has 0 atom stereocenters. The summed E-state index contributed by atoms with van der Waals surface area (Å²) in [5.74, 6) is 1.81. The molecule has 18 heavy (non-hydrogen) atoms. The molecule has 0 radical (unpaired) electrons. The van der Waals surface area contributed by atoms with E-state index in [1.54, 1.807) is 13.3 Å². The Hall–Kier alpha value is -1.81. The van der Waals surface area contributed by atoms with Crippen molar-refractivity contribution in [3.63, 3.8) is 0 Å². The molecule has 1 heterocycles. The first-order valence-corrected chi connectivity index (χ1v) is 5.98. The Morgan fingerprint density at radius 3 is 2.72 bits per heavy atom. The number of benzene rings is 1. The van der Waals surface area contributed by atoms with Crippen LogP contribution in [0.5, 0.6) is 5.75 Å². The van der Waals surface area contributed by atoms with Gasteiger partial charge >= 0.3 is 0 Å². The summed E-state index contributed by atoms with van der Waals surface area (Å²) in [4.78, 5) is 7.18. The predicted molar refractivity (Wildman–Crippen MR) is 70.6 cm³/mol.